The topological polar surface area (TPSA) is 52.6 Å². The first-order valence-electron chi connectivity index (χ1n) is 8.67. The maximum absolute atomic E-state index is 14.8. The van der Waals surface area contributed by atoms with Crippen molar-refractivity contribution in [2.24, 2.45) is 0 Å². The summed E-state index contributed by atoms with van der Waals surface area (Å²) in [6, 6.07) is 18.8. The van der Waals surface area contributed by atoms with Gasteiger partial charge in [0.1, 0.15) is 0 Å². The summed E-state index contributed by atoms with van der Waals surface area (Å²) in [4.78, 5) is 24.1. The van der Waals surface area contributed by atoms with Gasteiger partial charge in [0.2, 0.25) is 0 Å². The molecule has 0 spiro atoms. The fourth-order valence-corrected chi connectivity index (χ4v) is 2.41. The molecule has 0 unspecified atom stereocenters. The summed E-state index contributed by atoms with van der Waals surface area (Å²) in [5, 5.41) is 0. The van der Waals surface area contributed by atoms with Crippen molar-refractivity contribution >= 4 is 11.9 Å². The van der Waals surface area contributed by atoms with E-state index in [1.165, 1.54) is 6.92 Å². The van der Waals surface area contributed by atoms with Crippen molar-refractivity contribution in [2.75, 3.05) is 13.2 Å². The predicted molar refractivity (Wildman–Crippen MR) is 96.3 cm³/mol. The minimum atomic E-state index is -2.77. The van der Waals surface area contributed by atoms with Crippen LogP contribution in [0.3, 0.4) is 0 Å². The largest absolute Gasteiger partial charge is 0.463 e. The lowest BCUT2D eigenvalue weighted by atomic mass is 10.0. The maximum Gasteiger partial charge on any atom is 0.355 e. The van der Waals surface area contributed by atoms with E-state index in [2.05, 4.69) is 0 Å². The molecule has 4 nitrogen and oxygen atoms in total. The molecule has 0 heterocycles. The lowest BCUT2D eigenvalue weighted by molar-refractivity contribution is -0.175. The SMILES string of the molecule is CCC(F)(C(=O)OCCc1ccccc1)C(=O)OCCc1ccccc1. The van der Waals surface area contributed by atoms with E-state index in [-0.39, 0.29) is 19.6 Å². The first-order chi connectivity index (χ1) is 12.6. The average molecular weight is 358 g/mol. The molecule has 2 rings (SSSR count). The Morgan fingerprint density at radius 3 is 1.54 bits per heavy atom. The standard InChI is InChI=1S/C21H23FO4/c1-2-21(22,19(23)25-15-13-17-9-5-3-6-10-17)20(24)26-16-14-18-11-7-4-8-12-18/h3-12H,2,13-16H2,1H3. The summed E-state index contributed by atoms with van der Waals surface area (Å²) in [5.41, 5.74) is -0.841. The second kappa shape index (κ2) is 9.70. The first kappa shape index (κ1) is 19.6. The zero-order chi connectivity index (χ0) is 18.8. The van der Waals surface area contributed by atoms with Gasteiger partial charge in [0, 0.05) is 19.3 Å². The third-order valence-electron chi connectivity index (χ3n) is 4.07. The van der Waals surface area contributed by atoms with Crippen molar-refractivity contribution in [2.45, 2.75) is 31.9 Å². The highest BCUT2D eigenvalue weighted by molar-refractivity contribution is 6.03. The van der Waals surface area contributed by atoms with E-state index in [0.717, 1.165) is 11.1 Å². The van der Waals surface area contributed by atoms with Crippen molar-refractivity contribution in [1.82, 2.24) is 0 Å². The van der Waals surface area contributed by atoms with Gasteiger partial charge in [0.15, 0.2) is 0 Å². The van der Waals surface area contributed by atoms with E-state index in [0.29, 0.717) is 12.8 Å². The van der Waals surface area contributed by atoms with Crippen LogP contribution in [0.2, 0.25) is 0 Å². The minimum Gasteiger partial charge on any atom is -0.463 e. The van der Waals surface area contributed by atoms with Crippen LogP contribution in [-0.2, 0) is 31.9 Å². The van der Waals surface area contributed by atoms with Gasteiger partial charge in [-0.25, -0.2) is 14.0 Å². The molecule has 138 valence electrons. The molecule has 0 aliphatic rings. The summed E-state index contributed by atoms with van der Waals surface area (Å²) in [7, 11) is 0. The lowest BCUT2D eigenvalue weighted by Crippen LogP contribution is -2.44. The van der Waals surface area contributed by atoms with Gasteiger partial charge in [-0.2, -0.15) is 0 Å². The second-order valence-corrected chi connectivity index (χ2v) is 5.90. The highest BCUT2D eigenvalue weighted by Crippen LogP contribution is 2.21. The number of ether oxygens (including phenoxy) is 2. The number of rotatable bonds is 9. The van der Waals surface area contributed by atoms with Crippen LogP contribution in [0.5, 0.6) is 0 Å². The molecule has 0 amide bonds. The Hall–Kier alpha value is -2.69. The van der Waals surface area contributed by atoms with Crippen LogP contribution < -0.4 is 0 Å². The zero-order valence-electron chi connectivity index (χ0n) is 14.8. The highest BCUT2D eigenvalue weighted by atomic mass is 19.1. The summed E-state index contributed by atoms with van der Waals surface area (Å²) in [5.74, 6) is -2.39. The Balaban J connectivity index is 1.82. The molecule has 0 fully saturated rings. The van der Waals surface area contributed by atoms with E-state index < -0.39 is 17.6 Å². The number of carbonyl (C=O) groups excluding carboxylic acids is 2. The van der Waals surface area contributed by atoms with Crippen molar-refractivity contribution in [3.8, 4) is 0 Å². The van der Waals surface area contributed by atoms with E-state index >= 15 is 0 Å². The molecule has 0 atom stereocenters. The number of halogens is 1. The minimum absolute atomic E-state index is 0.00577. The van der Waals surface area contributed by atoms with Crippen LogP contribution in [0.25, 0.3) is 0 Å². The number of benzene rings is 2. The van der Waals surface area contributed by atoms with E-state index in [1.807, 2.05) is 60.7 Å². The summed E-state index contributed by atoms with van der Waals surface area (Å²) >= 11 is 0. The predicted octanol–water partition coefficient (Wildman–Crippen LogP) is 3.68. The Morgan fingerprint density at radius 1 is 0.808 bits per heavy atom. The van der Waals surface area contributed by atoms with Crippen LogP contribution in [0.1, 0.15) is 24.5 Å². The smallest absolute Gasteiger partial charge is 0.355 e. The molecule has 2 aromatic carbocycles. The van der Waals surface area contributed by atoms with Gasteiger partial charge < -0.3 is 9.47 Å². The van der Waals surface area contributed by atoms with Crippen LogP contribution in [0.4, 0.5) is 4.39 Å². The zero-order valence-corrected chi connectivity index (χ0v) is 14.8. The van der Waals surface area contributed by atoms with Gasteiger partial charge in [-0.15, -0.1) is 0 Å². The summed E-state index contributed by atoms with van der Waals surface area (Å²) in [6.45, 7) is 1.43. The fraction of sp³-hybridized carbons (Fsp3) is 0.333. The molecule has 0 bridgehead atoms. The van der Waals surface area contributed by atoms with Gasteiger partial charge in [0.05, 0.1) is 13.2 Å². The Morgan fingerprint density at radius 2 is 1.19 bits per heavy atom. The number of esters is 2. The second-order valence-electron chi connectivity index (χ2n) is 5.90. The molecule has 0 N–H and O–H groups in total. The molecule has 0 radical (unpaired) electrons. The Labute approximate surface area is 152 Å². The molecule has 0 saturated heterocycles. The monoisotopic (exact) mass is 358 g/mol. The normalized spacial score (nSPS) is 11.0. The van der Waals surface area contributed by atoms with Gasteiger partial charge in [0.25, 0.3) is 0 Å². The third-order valence-corrected chi connectivity index (χ3v) is 4.07. The number of hydrogen-bond donors (Lipinski definition) is 0. The van der Waals surface area contributed by atoms with Crippen molar-refractivity contribution in [1.29, 1.82) is 0 Å². The van der Waals surface area contributed by atoms with Crippen LogP contribution >= 0.6 is 0 Å². The molecule has 5 heteroatoms. The lowest BCUT2D eigenvalue weighted by Gasteiger charge is -2.20. The van der Waals surface area contributed by atoms with Crippen LogP contribution in [0, 0.1) is 0 Å². The van der Waals surface area contributed by atoms with Crippen LogP contribution in [0.15, 0.2) is 60.7 Å². The molecular weight excluding hydrogens is 335 g/mol. The number of carbonyl (C=O) groups is 2. The molecule has 26 heavy (non-hydrogen) atoms. The third kappa shape index (κ3) is 5.41. The molecule has 0 saturated carbocycles. The maximum atomic E-state index is 14.8. The number of hydrogen-bond acceptors (Lipinski definition) is 4. The van der Waals surface area contributed by atoms with E-state index in [4.69, 9.17) is 9.47 Å². The highest BCUT2D eigenvalue weighted by Gasteiger charge is 2.48. The molecular formula is C21H23FO4. The molecule has 0 aliphatic heterocycles. The van der Waals surface area contributed by atoms with Crippen LogP contribution in [-0.4, -0.2) is 30.8 Å². The average Bonchev–Trinajstić information content (AvgIpc) is 2.68. The van der Waals surface area contributed by atoms with Gasteiger partial charge >= 0.3 is 17.6 Å². The molecule has 0 aromatic heterocycles. The Kier molecular flexibility index (Phi) is 7.33. The molecule has 2 aromatic rings. The first-order valence-corrected chi connectivity index (χ1v) is 8.67. The van der Waals surface area contributed by atoms with Crippen molar-refractivity contribution in [3.63, 3.8) is 0 Å². The fourth-order valence-electron chi connectivity index (χ4n) is 2.41. The van der Waals surface area contributed by atoms with Gasteiger partial charge in [-0.3, -0.25) is 0 Å². The van der Waals surface area contributed by atoms with Gasteiger partial charge in [-0.05, 0) is 11.1 Å². The van der Waals surface area contributed by atoms with Crippen molar-refractivity contribution < 1.29 is 23.5 Å². The molecule has 0 aliphatic carbocycles. The quantitative estimate of drug-likeness (QED) is 0.507. The summed E-state index contributed by atoms with van der Waals surface area (Å²) < 4.78 is 24.8. The van der Waals surface area contributed by atoms with E-state index in [1.54, 1.807) is 0 Å². The van der Waals surface area contributed by atoms with E-state index in [9.17, 15) is 14.0 Å². The van der Waals surface area contributed by atoms with Gasteiger partial charge in [-0.1, -0.05) is 67.6 Å². The summed E-state index contributed by atoms with van der Waals surface area (Å²) in [6.07, 6.45) is 0.576. The number of alkyl halides is 1. The Bertz CT molecular complexity index is 643. The van der Waals surface area contributed by atoms with Crippen molar-refractivity contribution in [3.05, 3.63) is 71.8 Å².